The molecule has 0 fully saturated rings. The Kier molecular flexibility index (Phi) is 7.44. The van der Waals surface area contributed by atoms with E-state index in [-0.39, 0.29) is 0 Å². The SMILES string of the molecule is Cc1cccc(N(C2=CC(C)CC=C2)c2c3c(c(N(c4cccc(C)c4)c4cccc(C)c4)c4ccccc24)=CCCC=3)c1. The standard InChI is InChI=1S/C42H40N2/c1-29-13-9-17-33(25-29)43(34-18-10-14-30(2)26-34)41-37-21-5-7-23-39(37)42(40-24-8-6-22-38(40)41)44(35-19-11-15-31(3)27-35)36-20-12-16-32(4)28-36/h5,7,9-15,17-28,32H,6,8,16H2,1-4H3. The third-order valence-corrected chi connectivity index (χ3v) is 8.84. The number of allylic oxidation sites excluding steroid dienone is 3. The van der Waals surface area contributed by atoms with Crippen LogP contribution in [-0.2, 0) is 0 Å². The average molecular weight is 573 g/mol. The lowest BCUT2D eigenvalue weighted by atomic mass is 9.94. The van der Waals surface area contributed by atoms with Crippen molar-refractivity contribution in [3.63, 3.8) is 0 Å². The zero-order valence-electron chi connectivity index (χ0n) is 26.2. The van der Waals surface area contributed by atoms with Crippen LogP contribution in [0.2, 0.25) is 0 Å². The maximum absolute atomic E-state index is 2.52. The molecule has 2 nitrogen and oxygen atoms in total. The maximum Gasteiger partial charge on any atom is 0.0616 e. The Labute approximate surface area is 261 Å². The number of fused-ring (bicyclic) bond motifs is 2. The van der Waals surface area contributed by atoms with Crippen molar-refractivity contribution in [3.05, 3.63) is 148 Å². The van der Waals surface area contributed by atoms with Crippen LogP contribution in [0.15, 0.2) is 121 Å². The third-order valence-electron chi connectivity index (χ3n) is 8.84. The number of benzene rings is 5. The topological polar surface area (TPSA) is 6.48 Å². The molecule has 0 spiro atoms. The molecule has 1 unspecified atom stereocenters. The van der Waals surface area contributed by atoms with Crippen molar-refractivity contribution in [2.24, 2.45) is 5.92 Å². The molecule has 0 saturated heterocycles. The van der Waals surface area contributed by atoms with E-state index in [4.69, 9.17) is 0 Å². The molecule has 5 aromatic rings. The van der Waals surface area contributed by atoms with Crippen LogP contribution in [0.5, 0.6) is 0 Å². The van der Waals surface area contributed by atoms with Gasteiger partial charge in [0.1, 0.15) is 0 Å². The highest BCUT2D eigenvalue weighted by atomic mass is 15.2. The third kappa shape index (κ3) is 5.15. The molecule has 0 heterocycles. The van der Waals surface area contributed by atoms with Gasteiger partial charge in [0.05, 0.1) is 11.4 Å². The van der Waals surface area contributed by atoms with Crippen LogP contribution in [0.1, 0.15) is 42.9 Å². The van der Waals surface area contributed by atoms with E-state index >= 15 is 0 Å². The van der Waals surface area contributed by atoms with Crippen molar-refractivity contribution < 1.29 is 0 Å². The molecule has 2 aliphatic carbocycles. The summed E-state index contributed by atoms with van der Waals surface area (Å²) < 4.78 is 0. The first kappa shape index (κ1) is 28.0. The highest BCUT2D eigenvalue weighted by molar-refractivity contribution is 6.07. The second kappa shape index (κ2) is 11.7. The molecule has 2 aliphatic rings. The summed E-state index contributed by atoms with van der Waals surface area (Å²) in [6.45, 7) is 8.87. The molecule has 0 N–H and O–H groups in total. The minimum absolute atomic E-state index is 0.484. The molecule has 5 aromatic carbocycles. The lowest BCUT2D eigenvalue weighted by Gasteiger charge is -2.34. The summed E-state index contributed by atoms with van der Waals surface area (Å²) in [6.07, 6.45) is 15.2. The van der Waals surface area contributed by atoms with Gasteiger partial charge >= 0.3 is 0 Å². The van der Waals surface area contributed by atoms with E-state index in [1.807, 2.05) is 0 Å². The normalized spacial score (nSPS) is 15.6. The minimum Gasteiger partial charge on any atom is -0.310 e. The van der Waals surface area contributed by atoms with Crippen LogP contribution >= 0.6 is 0 Å². The highest BCUT2D eigenvalue weighted by Crippen LogP contribution is 2.42. The van der Waals surface area contributed by atoms with E-state index in [1.165, 1.54) is 72.0 Å². The summed E-state index contributed by atoms with van der Waals surface area (Å²) in [5.41, 5.74) is 11.1. The molecular formula is C42H40N2. The summed E-state index contributed by atoms with van der Waals surface area (Å²) in [4.78, 5) is 5.00. The van der Waals surface area contributed by atoms with Crippen molar-refractivity contribution >= 4 is 51.4 Å². The largest absolute Gasteiger partial charge is 0.310 e. The van der Waals surface area contributed by atoms with Gasteiger partial charge in [0.25, 0.3) is 0 Å². The summed E-state index contributed by atoms with van der Waals surface area (Å²) in [5, 5.41) is 5.12. The van der Waals surface area contributed by atoms with E-state index in [9.17, 15) is 0 Å². The second-order valence-electron chi connectivity index (χ2n) is 12.5. The van der Waals surface area contributed by atoms with Crippen molar-refractivity contribution in [2.45, 2.75) is 47.0 Å². The van der Waals surface area contributed by atoms with Gasteiger partial charge in [-0.15, -0.1) is 0 Å². The lowest BCUT2D eigenvalue weighted by molar-refractivity contribution is 0.726. The number of rotatable bonds is 6. The summed E-state index contributed by atoms with van der Waals surface area (Å²) in [7, 11) is 0. The molecule has 0 saturated carbocycles. The van der Waals surface area contributed by atoms with Gasteiger partial charge in [0.15, 0.2) is 0 Å². The Morgan fingerprint density at radius 3 is 1.52 bits per heavy atom. The maximum atomic E-state index is 2.52. The number of hydrogen-bond donors (Lipinski definition) is 0. The fraction of sp³-hybridized carbons (Fsp3) is 0.190. The molecule has 0 radical (unpaired) electrons. The van der Waals surface area contributed by atoms with Crippen LogP contribution in [-0.4, -0.2) is 0 Å². The molecule has 0 aliphatic heterocycles. The molecule has 0 bridgehead atoms. The van der Waals surface area contributed by atoms with Gasteiger partial charge in [0.2, 0.25) is 0 Å². The zero-order valence-corrected chi connectivity index (χ0v) is 26.2. The Bertz CT molecular complexity index is 2020. The van der Waals surface area contributed by atoms with Gasteiger partial charge in [-0.25, -0.2) is 0 Å². The first-order chi connectivity index (χ1) is 21.5. The smallest absolute Gasteiger partial charge is 0.0616 e. The molecule has 218 valence electrons. The van der Waals surface area contributed by atoms with E-state index in [2.05, 4.69) is 165 Å². The highest BCUT2D eigenvalue weighted by Gasteiger charge is 2.25. The van der Waals surface area contributed by atoms with Crippen LogP contribution in [0.25, 0.3) is 22.9 Å². The van der Waals surface area contributed by atoms with Crippen LogP contribution in [0.4, 0.5) is 28.4 Å². The minimum atomic E-state index is 0.484. The van der Waals surface area contributed by atoms with Crippen molar-refractivity contribution in [3.8, 4) is 0 Å². The van der Waals surface area contributed by atoms with Gasteiger partial charge in [0, 0.05) is 44.0 Å². The summed E-state index contributed by atoms with van der Waals surface area (Å²) in [5.74, 6) is 0.484. The Balaban J connectivity index is 1.61. The fourth-order valence-corrected chi connectivity index (χ4v) is 6.88. The number of nitrogens with zero attached hydrogens (tertiary/aromatic N) is 2. The number of anilines is 5. The fourth-order valence-electron chi connectivity index (χ4n) is 6.88. The molecule has 0 amide bonds. The first-order valence-electron chi connectivity index (χ1n) is 15.9. The Hall–Kier alpha value is -4.82. The van der Waals surface area contributed by atoms with E-state index in [1.54, 1.807) is 0 Å². The monoisotopic (exact) mass is 572 g/mol. The molecule has 2 heteroatoms. The lowest BCUT2D eigenvalue weighted by Crippen LogP contribution is -2.37. The quantitative estimate of drug-likeness (QED) is 0.187. The van der Waals surface area contributed by atoms with Crippen LogP contribution < -0.4 is 20.2 Å². The molecule has 7 rings (SSSR count). The van der Waals surface area contributed by atoms with Gasteiger partial charge < -0.3 is 9.80 Å². The molecule has 44 heavy (non-hydrogen) atoms. The van der Waals surface area contributed by atoms with Gasteiger partial charge in [-0.05, 0) is 105 Å². The van der Waals surface area contributed by atoms with E-state index in [0.717, 1.165) is 19.3 Å². The first-order valence-corrected chi connectivity index (χ1v) is 15.9. The Morgan fingerprint density at radius 1 is 0.568 bits per heavy atom. The van der Waals surface area contributed by atoms with Gasteiger partial charge in [-0.2, -0.15) is 0 Å². The molecule has 0 aromatic heterocycles. The second-order valence-corrected chi connectivity index (χ2v) is 12.5. The molecular weight excluding hydrogens is 532 g/mol. The number of aryl methyl sites for hydroxylation is 3. The summed E-state index contributed by atoms with van der Waals surface area (Å²) in [6, 6.07) is 35.8. The summed E-state index contributed by atoms with van der Waals surface area (Å²) >= 11 is 0. The van der Waals surface area contributed by atoms with Crippen molar-refractivity contribution in [2.75, 3.05) is 9.80 Å². The average Bonchev–Trinajstić information content (AvgIpc) is 3.02. The number of hydrogen-bond acceptors (Lipinski definition) is 2. The van der Waals surface area contributed by atoms with Crippen LogP contribution in [0.3, 0.4) is 0 Å². The molecule has 1 atom stereocenters. The van der Waals surface area contributed by atoms with Crippen molar-refractivity contribution in [1.29, 1.82) is 0 Å². The van der Waals surface area contributed by atoms with Crippen LogP contribution in [0, 0.1) is 26.7 Å². The van der Waals surface area contributed by atoms with Crippen molar-refractivity contribution in [1.82, 2.24) is 0 Å². The van der Waals surface area contributed by atoms with Gasteiger partial charge in [-0.1, -0.05) is 91.9 Å². The van der Waals surface area contributed by atoms with Gasteiger partial charge in [-0.3, -0.25) is 0 Å². The predicted octanol–water partition coefficient (Wildman–Crippen LogP) is 10.2. The predicted molar refractivity (Wildman–Crippen MR) is 190 cm³/mol. The Morgan fingerprint density at radius 2 is 1.05 bits per heavy atom. The van der Waals surface area contributed by atoms with E-state index < -0.39 is 0 Å². The zero-order chi connectivity index (χ0) is 30.2. The van der Waals surface area contributed by atoms with E-state index in [0.29, 0.717) is 5.92 Å².